The maximum Gasteiger partial charge on any atom is 0.0565 e. The Hall–Kier alpha value is -0.920. The quantitative estimate of drug-likeness (QED) is 0.652. The van der Waals surface area contributed by atoms with Gasteiger partial charge in [0.1, 0.15) is 0 Å². The maximum absolute atomic E-state index is 6.18. The van der Waals surface area contributed by atoms with Gasteiger partial charge in [0.05, 0.1) is 5.69 Å². The maximum atomic E-state index is 6.18. The summed E-state index contributed by atoms with van der Waals surface area (Å²) in [6.07, 6.45) is 4.93. The first-order chi connectivity index (χ1) is 6.50. The highest BCUT2D eigenvalue weighted by atomic mass is 14.8. The van der Waals surface area contributed by atoms with Crippen LogP contribution in [0.3, 0.4) is 0 Å². The molecule has 3 N–H and O–H groups in total. The Morgan fingerprint density at radius 2 is 1.79 bits per heavy atom. The molecule has 0 saturated carbocycles. The van der Waals surface area contributed by atoms with E-state index in [4.69, 9.17) is 5.73 Å². The predicted molar refractivity (Wildman–Crippen MR) is 60.5 cm³/mol. The van der Waals surface area contributed by atoms with Crippen LogP contribution in [-0.2, 0) is 18.3 Å². The summed E-state index contributed by atoms with van der Waals surface area (Å²) in [6.45, 7) is 6.63. The minimum atomic E-state index is 0.140. The lowest BCUT2D eigenvalue weighted by Crippen LogP contribution is -2.14. The van der Waals surface area contributed by atoms with Crippen LogP contribution in [0.2, 0.25) is 0 Å². The van der Waals surface area contributed by atoms with Crippen molar-refractivity contribution < 1.29 is 0 Å². The normalized spacial score (nSPS) is 16.8. The lowest BCUT2D eigenvalue weighted by atomic mass is 9.90. The van der Waals surface area contributed by atoms with Crippen LogP contribution in [0.25, 0.3) is 0 Å². The first-order valence-corrected chi connectivity index (χ1v) is 5.50. The van der Waals surface area contributed by atoms with Crippen LogP contribution in [0.15, 0.2) is 0 Å². The average molecular weight is 192 g/mol. The van der Waals surface area contributed by atoms with Gasteiger partial charge in [0.15, 0.2) is 0 Å². The van der Waals surface area contributed by atoms with Crippen LogP contribution in [0.5, 0.6) is 0 Å². The first kappa shape index (κ1) is 9.63. The van der Waals surface area contributed by atoms with E-state index in [1.54, 1.807) is 0 Å². The number of aromatic amines is 1. The molecule has 14 heavy (non-hydrogen) atoms. The van der Waals surface area contributed by atoms with Gasteiger partial charge in [-0.3, -0.25) is 0 Å². The molecule has 0 amide bonds. The molecular formula is C12H20N2. The summed E-state index contributed by atoms with van der Waals surface area (Å²) in [5.41, 5.74) is 11.3. The highest BCUT2D eigenvalue weighted by molar-refractivity contribution is 5.58. The standard InChI is InChI=1S/C12H20N2/c1-12(2,3)11-10(13)8-6-4-5-7-9(8)14-11/h14H,4-7,13H2,1-3H3. The Morgan fingerprint density at radius 1 is 1.14 bits per heavy atom. The van der Waals surface area contributed by atoms with Gasteiger partial charge < -0.3 is 10.7 Å². The van der Waals surface area contributed by atoms with Crippen molar-refractivity contribution in [3.63, 3.8) is 0 Å². The summed E-state index contributed by atoms with van der Waals surface area (Å²) in [5, 5.41) is 0. The second kappa shape index (κ2) is 3.04. The van der Waals surface area contributed by atoms with Crippen molar-refractivity contribution in [2.75, 3.05) is 5.73 Å². The fourth-order valence-corrected chi connectivity index (χ4v) is 2.30. The zero-order valence-corrected chi connectivity index (χ0v) is 9.41. The lowest BCUT2D eigenvalue weighted by Gasteiger charge is -2.17. The van der Waals surface area contributed by atoms with Gasteiger partial charge in [0.2, 0.25) is 0 Å². The van der Waals surface area contributed by atoms with Crippen LogP contribution >= 0.6 is 0 Å². The molecule has 78 valence electrons. The second-order valence-corrected chi connectivity index (χ2v) is 5.33. The van der Waals surface area contributed by atoms with E-state index < -0.39 is 0 Å². The molecule has 1 aromatic rings. The Kier molecular flexibility index (Phi) is 2.09. The monoisotopic (exact) mass is 192 g/mol. The van der Waals surface area contributed by atoms with Gasteiger partial charge in [-0.25, -0.2) is 0 Å². The van der Waals surface area contributed by atoms with Crippen molar-refractivity contribution in [2.24, 2.45) is 0 Å². The number of fused-ring (bicyclic) bond motifs is 1. The van der Waals surface area contributed by atoms with Gasteiger partial charge in [-0.15, -0.1) is 0 Å². The van der Waals surface area contributed by atoms with Gasteiger partial charge in [0.25, 0.3) is 0 Å². The SMILES string of the molecule is CC(C)(C)c1[nH]c2c(c1N)CCCC2. The van der Waals surface area contributed by atoms with E-state index in [0.717, 1.165) is 12.1 Å². The molecule has 0 bridgehead atoms. The number of rotatable bonds is 0. The number of nitrogens with two attached hydrogens (primary N) is 1. The molecule has 0 aliphatic heterocycles. The van der Waals surface area contributed by atoms with E-state index in [9.17, 15) is 0 Å². The Labute approximate surface area is 85.9 Å². The molecule has 0 spiro atoms. The van der Waals surface area contributed by atoms with Crippen LogP contribution in [0, 0.1) is 0 Å². The zero-order chi connectivity index (χ0) is 10.3. The fourth-order valence-electron chi connectivity index (χ4n) is 2.30. The summed E-state index contributed by atoms with van der Waals surface area (Å²) in [6, 6.07) is 0. The van der Waals surface area contributed by atoms with Crippen LogP contribution in [0.1, 0.15) is 50.6 Å². The van der Waals surface area contributed by atoms with Gasteiger partial charge in [-0.2, -0.15) is 0 Å². The summed E-state index contributed by atoms with van der Waals surface area (Å²) >= 11 is 0. The second-order valence-electron chi connectivity index (χ2n) is 5.33. The van der Waals surface area contributed by atoms with Crippen LogP contribution < -0.4 is 5.73 Å². The number of hydrogen-bond donors (Lipinski definition) is 2. The molecule has 0 unspecified atom stereocenters. The highest BCUT2D eigenvalue weighted by Crippen LogP contribution is 2.35. The molecule has 1 aromatic heterocycles. The van der Waals surface area contributed by atoms with E-state index in [1.165, 1.54) is 36.2 Å². The smallest absolute Gasteiger partial charge is 0.0565 e. The topological polar surface area (TPSA) is 41.8 Å². The molecule has 0 atom stereocenters. The number of anilines is 1. The average Bonchev–Trinajstić information content (AvgIpc) is 2.44. The van der Waals surface area contributed by atoms with Gasteiger partial charge in [-0.1, -0.05) is 20.8 Å². The molecule has 0 aromatic carbocycles. The summed E-state index contributed by atoms with van der Waals surface area (Å²) < 4.78 is 0. The van der Waals surface area contributed by atoms with E-state index in [1.807, 2.05) is 0 Å². The number of nitrogens with one attached hydrogen (secondary N) is 1. The molecule has 1 aliphatic rings. The van der Waals surface area contributed by atoms with Crippen molar-refractivity contribution >= 4 is 5.69 Å². The van der Waals surface area contributed by atoms with E-state index >= 15 is 0 Å². The Bertz CT molecular complexity index is 342. The summed E-state index contributed by atoms with van der Waals surface area (Å²) in [5.74, 6) is 0. The molecule has 2 rings (SSSR count). The van der Waals surface area contributed by atoms with Crippen molar-refractivity contribution in [2.45, 2.75) is 51.9 Å². The first-order valence-electron chi connectivity index (χ1n) is 5.50. The molecule has 1 aliphatic carbocycles. The predicted octanol–water partition coefficient (Wildman–Crippen LogP) is 2.77. The number of H-pyrrole nitrogens is 1. The summed E-state index contributed by atoms with van der Waals surface area (Å²) in [7, 11) is 0. The number of aryl methyl sites for hydroxylation is 1. The minimum absolute atomic E-state index is 0.140. The summed E-state index contributed by atoms with van der Waals surface area (Å²) in [4.78, 5) is 3.52. The molecule has 0 fully saturated rings. The van der Waals surface area contributed by atoms with Crippen LogP contribution in [0.4, 0.5) is 5.69 Å². The molecular weight excluding hydrogens is 172 g/mol. The van der Waals surface area contributed by atoms with E-state index in [2.05, 4.69) is 25.8 Å². The molecule has 2 heteroatoms. The van der Waals surface area contributed by atoms with Crippen molar-refractivity contribution in [3.05, 3.63) is 17.0 Å². The highest BCUT2D eigenvalue weighted by Gasteiger charge is 2.24. The fraction of sp³-hybridized carbons (Fsp3) is 0.667. The van der Waals surface area contributed by atoms with Crippen molar-refractivity contribution in [1.29, 1.82) is 0 Å². The molecule has 0 radical (unpaired) electrons. The third kappa shape index (κ3) is 1.43. The number of aromatic nitrogens is 1. The zero-order valence-electron chi connectivity index (χ0n) is 9.41. The van der Waals surface area contributed by atoms with E-state index in [-0.39, 0.29) is 5.41 Å². The third-order valence-electron chi connectivity index (χ3n) is 3.09. The molecule has 2 nitrogen and oxygen atoms in total. The van der Waals surface area contributed by atoms with Crippen molar-refractivity contribution in [1.82, 2.24) is 4.98 Å². The molecule has 1 heterocycles. The largest absolute Gasteiger partial charge is 0.397 e. The van der Waals surface area contributed by atoms with Crippen molar-refractivity contribution in [3.8, 4) is 0 Å². The van der Waals surface area contributed by atoms with E-state index in [0.29, 0.717) is 0 Å². The van der Waals surface area contributed by atoms with Crippen LogP contribution in [-0.4, -0.2) is 4.98 Å². The third-order valence-corrected chi connectivity index (χ3v) is 3.09. The number of hydrogen-bond acceptors (Lipinski definition) is 1. The van der Waals surface area contributed by atoms with Gasteiger partial charge >= 0.3 is 0 Å². The van der Waals surface area contributed by atoms with Gasteiger partial charge in [0, 0.05) is 16.8 Å². The Balaban J connectivity index is 2.49. The van der Waals surface area contributed by atoms with Gasteiger partial charge in [-0.05, 0) is 31.2 Å². The molecule has 0 saturated heterocycles. The minimum Gasteiger partial charge on any atom is -0.397 e. The lowest BCUT2D eigenvalue weighted by molar-refractivity contribution is 0.572. The Morgan fingerprint density at radius 3 is 2.36 bits per heavy atom. The number of nitrogen functional groups attached to an aromatic ring is 1.